The van der Waals surface area contributed by atoms with Crippen LogP contribution in [0.4, 0.5) is 13.2 Å². The third kappa shape index (κ3) is 3.59. The van der Waals surface area contributed by atoms with Crippen LogP contribution < -0.4 is 5.73 Å². The smallest absolute Gasteiger partial charge is 0.258 e. The zero-order valence-electron chi connectivity index (χ0n) is 11.3. The van der Waals surface area contributed by atoms with Crippen molar-refractivity contribution in [1.29, 1.82) is 0 Å². The minimum atomic E-state index is -1.55. The van der Waals surface area contributed by atoms with Crippen molar-refractivity contribution in [2.45, 2.75) is 19.4 Å². The molecule has 2 aromatic rings. The Morgan fingerprint density at radius 2 is 1.95 bits per heavy atom. The number of halogens is 3. The lowest BCUT2D eigenvalue weighted by molar-refractivity contribution is 0.119. The van der Waals surface area contributed by atoms with E-state index in [1.54, 1.807) is 0 Å². The molecule has 0 aliphatic carbocycles. The first-order chi connectivity index (χ1) is 10.0. The Morgan fingerprint density at radius 1 is 1.29 bits per heavy atom. The normalized spacial score (nSPS) is 12.6. The lowest BCUT2D eigenvalue weighted by atomic mass is 10.2. The van der Waals surface area contributed by atoms with Crippen LogP contribution >= 0.6 is 0 Å². The van der Waals surface area contributed by atoms with Crippen molar-refractivity contribution < 1.29 is 22.4 Å². The molecule has 1 aromatic heterocycles. The van der Waals surface area contributed by atoms with Gasteiger partial charge >= 0.3 is 0 Å². The number of rotatable bonds is 6. The molecule has 1 aromatic carbocycles. The molecule has 0 radical (unpaired) electrons. The molecule has 21 heavy (non-hydrogen) atoms. The summed E-state index contributed by atoms with van der Waals surface area (Å²) in [5, 5.41) is 3.62. The van der Waals surface area contributed by atoms with E-state index in [1.165, 1.54) is 0 Å². The third-order valence-electron chi connectivity index (χ3n) is 2.65. The number of nitrogens with two attached hydrogens (primary N) is 1. The van der Waals surface area contributed by atoms with E-state index in [0.29, 0.717) is 6.61 Å². The Bertz CT molecular complexity index is 595. The van der Waals surface area contributed by atoms with Crippen molar-refractivity contribution in [3.63, 3.8) is 0 Å². The Morgan fingerprint density at radius 3 is 2.57 bits per heavy atom. The first-order valence-corrected chi connectivity index (χ1v) is 6.34. The highest BCUT2D eigenvalue weighted by atomic mass is 19.2. The van der Waals surface area contributed by atoms with Crippen molar-refractivity contribution in [3.8, 4) is 11.5 Å². The van der Waals surface area contributed by atoms with Crippen LogP contribution in [0, 0.1) is 17.5 Å². The predicted molar refractivity (Wildman–Crippen MR) is 67.6 cm³/mol. The fourth-order valence-electron chi connectivity index (χ4n) is 1.61. The van der Waals surface area contributed by atoms with E-state index >= 15 is 0 Å². The molecule has 0 aliphatic heterocycles. The maximum absolute atomic E-state index is 13.1. The molecule has 0 saturated carbocycles. The van der Waals surface area contributed by atoms with Crippen LogP contribution in [-0.4, -0.2) is 23.4 Å². The van der Waals surface area contributed by atoms with Gasteiger partial charge in [-0.05, 0) is 18.6 Å². The average Bonchev–Trinajstić information content (AvgIpc) is 2.94. The van der Waals surface area contributed by atoms with Gasteiger partial charge in [0, 0.05) is 12.2 Å². The van der Waals surface area contributed by atoms with Crippen molar-refractivity contribution in [3.05, 3.63) is 35.4 Å². The summed E-state index contributed by atoms with van der Waals surface area (Å²) in [6.45, 7) is 2.70. The van der Waals surface area contributed by atoms with Gasteiger partial charge in [-0.1, -0.05) is 12.1 Å². The lowest BCUT2D eigenvalue weighted by Crippen LogP contribution is -2.18. The van der Waals surface area contributed by atoms with Gasteiger partial charge in [-0.2, -0.15) is 4.98 Å². The van der Waals surface area contributed by atoms with Gasteiger partial charge < -0.3 is 15.0 Å². The number of benzene rings is 1. The molecule has 0 bridgehead atoms. The molecule has 5 nitrogen and oxygen atoms in total. The lowest BCUT2D eigenvalue weighted by Gasteiger charge is -2.06. The molecule has 0 saturated heterocycles. The predicted octanol–water partition coefficient (Wildman–Crippen LogP) is 2.58. The van der Waals surface area contributed by atoms with E-state index in [0.717, 1.165) is 18.6 Å². The van der Waals surface area contributed by atoms with Gasteiger partial charge in [-0.3, -0.25) is 0 Å². The van der Waals surface area contributed by atoms with Gasteiger partial charge in [0.1, 0.15) is 0 Å². The van der Waals surface area contributed by atoms with E-state index < -0.39 is 23.5 Å². The molecule has 0 amide bonds. The minimum Gasteiger partial charge on any atom is -0.379 e. The molecular formula is C13H14F3N3O2. The van der Waals surface area contributed by atoms with Crippen molar-refractivity contribution in [2.75, 3.05) is 13.2 Å². The molecule has 8 heteroatoms. The van der Waals surface area contributed by atoms with E-state index in [9.17, 15) is 13.2 Å². The summed E-state index contributed by atoms with van der Waals surface area (Å²) in [6.07, 6.45) is 0.846. The molecule has 1 heterocycles. The summed E-state index contributed by atoms with van der Waals surface area (Å²) >= 11 is 0. The van der Waals surface area contributed by atoms with E-state index in [-0.39, 0.29) is 23.9 Å². The van der Waals surface area contributed by atoms with Crippen molar-refractivity contribution in [2.24, 2.45) is 5.73 Å². The summed E-state index contributed by atoms with van der Waals surface area (Å²) in [4.78, 5) is 3.93. The molecular weight excluding hydrogens is 287 g/mol. The SMILES string of the molecule is CCCOCC(N)c1noc(-c2cc(F)c(F)c(F)c2)n1. The topological polar surface area (TPSA) is 74.2 Å². The maximum atomic E-state index is 13.1. The largest absolute Gasteiger partial charge is 0.379 e. The molecule has 1 atom stereocenters. The molecule has 114 valence electrons. The van der Waals surface area contributed by atoms with Crippen LogP contribution in [0.5, 0.6) is 0 Å². The van der Waals surface area contributed by atoms with Gasteiger partial charge in [0.05, 0.1) is 12.6 Å². The molecule has 0 aliphatic rings. The number of nitrogens with zero attached hydrogens (tertiary/aromatic N) is 2. The summed E-state index contributed by atoms with van der Waals surface area (Å²) in [5.41, 5.74) is 5.73. The van der Waals surface area contributed by atoms with Crippen LogP contribution in [0.25, 0.3) is 11.5 Å². The fraction of sp³-hybridized carbons (Fsp3) is 0.385. The Labute approximate surface area is 118 Å². The Hall–Kier alpha value is -1.93. The Kier molecular flexibility index (Phi) is 4.92. The van der Waals surface area contributed by atoms with Gasteiger partial charge in [0.2, 0.25) is 0 Å². The molecule has 2 N–H and O–H groups in total. The van der Waals surface area contributed by atoms with E-state index in [4.69, 9.17) is 15.0 Å². The van der Waals surface area contributed by atoms with Crippen LogP contribution in [0.3, 0.4) is 0 Å². The standard InChI is InChI=1S/C13H14F3N3O2/c1-2-3-20-6-10(17)12-18-13(21-19-12)7-4-8(14)11(16)9(15)5-7/h4-5,10H,2-3,6,17H2,1H3. The van der Waals surface area contributed by atoms with Crippen molar-refractivity contribution >= 4 is 0 Å². The monoisotopic (exact) mass is 301 g/mol. The minimum absolute atomic E-state index is 0.0631. The second kappa shape index (κ2) is 6.68. The fourth-order valence-corrected chi connectivity index (χ4v) is 1.61. The first kappa shape index (κ1) is 15.5. The highest BCUT2D eigenvalue weighted by molar-refractivity contribution is 5.53. The van der Waals surface area contributed by atoms with Crippen LogP contribution in [0.2, 0.25) is 0 Å². The molecule has 1 unspecified atom stereocenters. The first-order valence-electron chi connectivity index (χ1n) is 6.34. The van der Waals surface area contributed by atoms with Gasteiger partial charge in [-0.25, -0.2) is 13.2 Å². The summed E-state index contributed by atoms with van der Waals surface area (Å²) in [5.74, 6) is -4.22. The van der Waals surface area contributed by atoms with E-state index in [1.807, 2.05) is 6.92 Å². The maximum Gasteiger partial charge on any atom is 0.258 e. The second-order valence-corrected chi connectivity index (χ2v) is 4.39. The third-order valence-corrected chi connectivity index (χ3v) is 2.65. The second-order valence-electron chi connectivity index (χ2n) is 4.39. The van der Waals surface area contributed by atoms with Gasteiger partial charge in [0.25, 0.3) is 5.89 Å². The van der Waals surface area contributed by atoms with E-state index in [2.05, 4.69) is 10.1 Å². The zero-order chi connectivity index (χ0) is 15.4. The number of hydrogen-bond donors (Lipinski definition) is 1. The highest BCUT2D eigenvalue weighted by Crippen LogP contribution is 2.23. The number of aromatic nitrogens is 2. The van der Waals surface area contributed by atoms with Crippen LogP contribution in [0.1, 0.15) is 25.2 Å². The summed E-state index contributed by atoms with van der Waals surface area (Å²) in [6, 6.07) is 0.924. The van der Waals surface area contributed by atoms with Crippen molar-refractivity contribution in [1.82, 2.24) is 10.1 Å². The average molecular weight is 301 g/mol. The summed E-state index contributed by atoms with van der Waals surface area (Å²) < 4.78 is 49.3. The molecule has 2 rings (SSSR count). The zero-order valence-corrected chi connectivity index (χ0v) is 11.3. The van der Waals surface area contributed by atoms with Gasteiger partial charge in [0.15, 0.2) is 23.3 Å². The highest BCUT2D eigenvalue weighted by Gasteiger charge is 2.18. The quantitative estimate of drug-likeness (QED) is 0.655. The number of ether oxygens (including phenoxy) is 1. The summed E-state index contributed by atoms with van der Waals surface area (Å²) in [7, 11) is 0. The number of hydrogen-bond acceptors (Lipinski definition) is 5. The Balaban J connectivity index is 2.16. The molecule has 0 spiro atoms. The van der Waals surface area contributed by atoms with Crippen LogP contribution in [0.15, 0.2) is 16.7 Å². The molecule has 0 fully saturated rings. The van der Waals surface area contributed by atoms with Crippen LogP contribution in [-0.2, 0) is 4.74 Å². The van der Waals surface area contributed by atoms with Gasteiger partial charge in [-0.15, -0.1) is 0 Å².